The monoisotopic (exact) mass is 344 g/mol. The molecule has 0 radical (unpaired) electrons. The fourth-order valence-electron chi connectivity index (χ4n) is 2.90. The summed E-state index contributed by atoms with van der Waals surface area (Å²) in [7, 11) is 0. The van der Waals surface area contributed by atoms with Crippen molar-refractivity contribution < 1.29 is 30.0 Å². The fraction of sp³-hybridized carbons (Fsp3) is 0.833. The van der Waals surface area contributed by atoms with Gasteiger partial charge in [0, 0.05) is 12.8 Å². The van der Waals surface area contributed by atoms with E-state index in [1.54, 1.807) is 6.08 Å². The molecular formula is C18H32O6. The third-order valence-corrected chi connectivity index (χ3v) is 4.46. The summed E-state index contributed by atoms with van der Waals surface area (Å²) in [5.41, 5.74) is 0. The summed E-state index contributed by atoms with van der Waals surface area (Å²) in [4.78, 5) is 10.4. The molecular weight excluding hydrogens is 312 g/mol. The van der Waals surface area contributed by atoms with Gasteiger partial charge in [0.25, 0.3) is 0 Å². The maximum Gasteiger partial charge on any atom is 0.303 e. The molecule has 0 unspecified atom stereocenters. The largest absolute Gasteiger partial charge is 0.481 e. The van der Waals surface area contributed by atoms with Gasteiger partial charge < -0.3 is 25.2 Å². The summed E-state index contributed by atoms with van der Waals surface area (Å²) >= 11 is 0. The second kappa shape index (κ2) is 11.6. The van der Waals surface area contributed by atoms with Gasteiger partial charge in [-0.2, -0.15) is 0 Å². The van der Waals surface area contributed by atoms with Crippen molar-refractivity contribution in [2.45, 2.75) is 95.2 Å². The Balaban J connectivity index is 2.19. The number of hydrogen-bond acceptors (Lipinski definition) is 5. The van der Waals surface area contributed by atoms with Crippen LogP contribution in [0.4, 0.5) is 0 Å². The lowest BCUT2D eigenvalue weighted by Crippen LogP contribution is -2.25. The smallest absolute Gasteiger partial charge is 0.303 e. The Kier molecular flexibility index (Phi) is 10.2. The van der Waals surface area contributed by atoms with Gasteiger partial charge in [0.2, 0.25) is 0 Å². The van der Waals surface area contributed by atoms with Crippen LogP contribution in [0.15, 0.2) is 12.2 Å². The van der Waals surface area contributed by atoms with Gasteiger partial charge >= 0.3 is 5.97 Å². The van der Waals surface area contributed by atoms with Crippen LogP contribution < -0.4 is 0 Å². The number of aliphatic hydroxyl groups is 3. The Hall–Kier alpha value is -0.950. The first-order chi connectivity index (χ1) is 11.4. The highest BCUT2D eigenvalue weighted by molar-refractivity contribution is 5.66. The van der Waals surface area contributed by atoms with Crippen LogP contribution in [0.3, 0.4) is 0 Å². The van der Waals surface area contributed by atoms with Crippen LogP contribution in [0.25, 0.3) is 0 Å². The van der Waals surface area contributed by atoms with Gasteiger partial charge in [0.05, 0.1) is 30.5 Å². The maximum atomic E-state index is 10.4. The van der Waals surface area contributed by atoms with E-state index < -0.39 is 30.4 Å². The van der Waals surface area contributed by atoms with Crippen molar-refractivity contribution in [3.8, 4) is 0 Å². The van der Waals surface area contributed by atoms with Crippen molar-refractivity contribution in [3.05, 3.63) is 12.2 Å². The molecule has 0 amide bonds. The molecule has 1 rings (SSSR count). The SMILES string of the molecule is CC[C@H](O)/C=C/[C@@H](O)[C@@H]1C[C@H](O)[C@@H](CCCCCCCC(=O)O)O1. The van der Waals surface area contributed by atoms with Gasteiger partial charge in [-0.25, -0.2) is 0 Å². The van der Waals surface area contributed by atoms with E-state index >= 15 is 0 Å². The highest BCUT2D eigenvalue weighted by Crippen LogP contribution is 2.27. The molecule has 0 aliphatic carbocycles. The zero-order valence-corrected chi connectivity index (χ0v) is 14.5. The quantitative estimate of drug-likeness (QED) is 0.319. The number of unbranched alkanes of at least 4 members (excludes halogenated alkanes) is 4. The molecule has 0 aromatic carbocycles. The summed E-state index contributed by atoms with van der Waals surface area (Å²) in [6, 6.07) is 0. The number of rotatable bonds is 12. The first kappa shape index (κ1) is 21.1. The maximum absolute atomic E-state index is 10.4. The Morgan fingerprint density at radius 1 is 1.17 bits per heavy atom. The number of ether oxygens (including phenoxy) is 1. The summed E-state index contributed by atoms with van der Waals surface area (Å²) < 4.78 is 5.75. The standard InChI is InChI=1S/C18H32O6/c1-2-13(19)10-11-14(20)17-12-15(21)16(24-17)8-6-4-3-5-7-9-18(22)23/h10-11,13-17,19-21H,2-9,12H2,1H3,(H,22,23)/b11-10+/t13-,14+,15-,16+,17-/m0/s1. The van der Waals surface area contributed by atoms with Crippen molar-refractivity contribution >= 4 is 5.97 Å². The normalized spacial score (nSPS) is 26.8. The van der Waals surface area contributed by atoms with Gasteiger partial charge in [-0.3, -0.25) is 4.79 Å². The summed E-state index contributed by atoms with van der Waals surface area (Å²) in [6.07, 6.45) is 6.93. The molecule has 6 heteroatoms. The lowest BCUT2D eigenvalue weighted by Gasteiger charge is -2.17. The third kappa shape index (κ3) is 8.24. The molecule has 0 saturated carbocycles. The van der Waals surface area contributed by atoms with Gasteiger partial charge in [-0.15, -0.1) is 0 Å². The van der Waals surface area contributed by atoms with Crippen LogP contribution in [0.1, 0.15) is 64.7 Å². The minimum absolute atomic E-state index is 0.226. The fourth-order valence-corrected chi connectivity index (χ4v) is 2.90. The average Bonchev–Trinajstić information content (AvgIpc) is 2.92. The molecule has 0 spiro atoms. The number of aliphatic carboxylic acids is 1. The highest BCUT2D eigenvalue weighted by atomic mass is 16.5. The van der Waals surface area contributed by atoms with Gasteiger partial charge in [0.15, 0.2) is 0 Å². The molecule has 1 heterocycles. The van der Waals surface area contributed by atoms with E-state index in [9.17, 15) is 20.1 Å². The summed E-state index contributed by atoms with van der Waals surface area (Å²) in [6.45, 7) is 1.86. The van der Waals surface area contributed by atoms with Gasteiger partial charge in [0.1, 0.15) is 0 Å². The Labute approximate surface area is 144 Å². The number of carboxylic acids is 1. The van der Waals surface area contributed by atoms with Crippen LogP contribution in [0.2, 0.25) is 0 Å². The van der Waals surface area contributed by atoms with Crippen molar-refractivity contribution in [2.75, 3.05) is 0 Å². The molecule has 24 heavy (non-hydrogen) atoms. The van der Waals surface area contributed by atoms with Crippen LogP contribution >= 0.6 is 0 Å². The van der Waals surface area contributed by atoms with E-state index in [2.05, 4.69) is 0 Å². The topological polar surface area (TPSA) is 107 Å². The first-order valence-electron chi connectivity index (χ1n) is 9.03. The van der Waals surface area contributed by atoms with Crippen LogP contribution in [0, 0.1) is 0 Å². The zero-order valence-electron chi connectivity index (χ0n) is 14.5. The molecule has 0 aromatic heterocycles. The van der Waals surface area contributed by atoms with Crippen LogP contribution in [0.5, 0.6) is 0 Å². The molecule has 6 nitrogen and oxygen atoms in total. The molecule has 0 aromatic rings. The van der Waals surface area contributed by atoms with Crippen molar-refractivity contribution in [3.63, 3.8) is 0 Å². The Morgan fingerprint density at radius 2 is 1.83 bits per heavy atom. The number of carboxylic acid groups (broad SMARTS) is 1. The molecule has 5 atom stereocenters. The lowest BCUT2D eigenvalue weighted by atomic mass is 10.0. The highest BCUT2D eigenvalue weighted by Gasteiger charge is 2.36. The molecule has 1 aliphatic rings. The molecule has 0 bridgehead atoms. The first-order valence-corrected chi connectivity index (χ1v) is 9.03. The number of hydrogen-bond donors (Lipinski definition) is 4. The van der Waals surface area contributed by atoms with Crippen molar-refractivity contribution in [1.82, 2.24) is 0 Å². The van der Waals surface area contributed by atoms with E-state index in [-0.39, 0.29) is 12.5 Å². The molecule has 1 fully saturated rings. The third-order valence-electron chi connectivity index (χ3n) is 4.46. The molecule has 140 valence electrons. The second-order valence-electron chi connectivity index (χ2n) is 6.57. The van der Waals surface area contributed by atoms with Crippen molar-refractivity contribution in [2.24, 2.45) is 0 Å². The number of aliphatic hydroxyl groups excluding tert-OH is 3. The predicted molar refractivity (Wildman–Crippen MR) is 90.7 cm³/mol. The van der Waals surface area contributed by atoms with E-state index in [0.29, 0.717) is 19.3 Å². The average molecular weight is 344 g/mol. The van der Waals surface area contributed by atoms with Gasteiger partial charge in [-0.05, 0) is 19.3 Å². The summed E-state index contributed by atoms with van der Waals surface area (Å²) in [5, 5.41) is 38.1. The Bertz CT molecular complexity index is 384. The molecule has 1 saturated heterocycles. The van der Waals surface area contributed by atoms with Crippen LogP contribution in [-0.2, 0) is 9.53 Å². The van der Waals surface area contributed by atoms with Crippen LogP contribution in [-0.4, -0.2) is 56.9 Å². The minimum atomic E-state index is -0.818. The second-order valence-corrected chi connectivity index (χ2v) is 6.57. The van der Waals surface area contributed by atoms with E-state index in [4.69, 9.17) is 9.84 Å². The Morgan fingerprint density at radius 3 is 2.50 bits per heavy atom. The zero-order chi connectivity index (χ0) is 17.9. The number of carbonyl (C=O) groups is 1. The van der Waals surface area contributed by atoms with E-state index in [1.165, 1.54) is 6.08 Å². The van der Waals surface area contributed by atoms with E-state index in [1.807, 2.05) is 6.92 Å². The van der Waals surface area contributed by atoms with Crippen molar-refractivity contribution in [1.29, 1.82) is 0 Å². The summed E-state index contributed by atoms with van der Waals surface area (Å²) in [5.74, 6) is -0.748. The van der Waals surface area contributed by atoms with E-state index in [0.717, 1.165) is 32.1 Å². The lowest BCUT2D eigenvalue weighted by molar-refractivity contribution is -0.137. The molecule has 1 aliphatic heterocycles. The predicted octanol–water partition coefficient (Wildman–Crippen LogP) is 2.01. The van der Waals surface area contributed by atoms with Gasteiger partial charge in [-0.1, -0.05) is 44.8 Å². The minimum Gasteiger partial charge on any atom is -0.481 e. The molecule has 4 N–H and O–H groups in total.